The second kappa shape index (κ2) is 12.9. The molecule has 1 atom stereocenters. The molecule has 1 aliphatic carbocycles. The van der Waals surface area contributed by atoms with E-state index >= 15 is 0 Å². The second-order valence-corrected chi connectivity index (χ2v) is 15.7. The number of hydrogen-bond acceptors (Lipinski definition) is 2. The molecular weight excluding hydrogens is 695 g/mol. The van der Waals surface area contributed by atoms with Crippen LogP contribution in [0.2, 0.25) is 0 Å². The number of rotatable bonds is 6. The van der Waals surface area contributed by atoms with Crippen LogP contribution < -0.4 is 4.90 Å². The number of nitrogens with zero attached hydrogens (tertiary/aromatic N) is 1. The van der Waals surface area contributed by atoms with Crippen molar-refractivity contribution in [3.05, 3.63) is 223 Å². The van der Waals surface area contributed by atoms with Crippen LogP contribution in [0, 0.1) is 0 Å². The van der Waals surface area contributed by atoms with E-state index in [9.17, 15) is 5.48 Å². The van der Waals surface area contributed by atoms with Gasteiger partial charge in [0.05, 0.1) is 5.48 Å². The average Bonchev–Trinajstić information content (AvgIpc) is 3.81. The van der Waals surface area contributed by atoms with E-state index in [0.717, 1.165) is 44.4 Å². The fourth-order valence-electron chi connectivity index (χ4n) is 8.89. The molecule has 56 heavy (non-hydrogen) atoms. The molecule has 2 heteroatoms. The number of fused-ring (bicyclic) bond motifs is 7. The zero-order valence-corrected chi connectivity index (χ0v) is 31.5. The molecular formula is C54H37NS. The number of anilines is 3. The van der Waals surface area contributed by atoms with E-state index in [1.165, 1.54) is 36.9 Å². The lowest BCUT2D eigenvalue weighted by atomic mass is 9.74. The molecule has 0 bridgehead atoms. The van der Waals surface area contributed by atoms with Gasteiger partial charge < -0.3 is 4.90 Å². The van der Waals surface area contributed by atoms with Crippen molar-refractivity contribution in [1.29, 1.82) is 0 Å². The smallest absolute Gasteiger partial charge is 0.0645 e. The van der Waals surface area contributed by atoms with Gasteiger partial charge in [-0.05, 0) is 110 Å². The molecule has 0 saturated heterocycles. The quantitative estimate of drug-likeness (QED) is 0.164. The van der Waals surface area contributed by atoms with Crippen LogP contribution in [0.5, 0.6) is 0 Å². The Morgan fingerprint density at radius 3 is 1.98 bits per heavy atom. The second-order valence-electron chi connectivity index (χ2n) is 14.7. The van der Waals surface area contributed by atoms with E-state index in [2.05, 4.69) is 128 Å². The standard InChI is InChI=1S/C54H37NS/c1-54(39-17-3-2-4-18-39)50-26-9-7-21-46(50)47-33-32-42(35-51(47)54)55(40-30-28-37(29-31-40)44-23-12-15-36-14-5-6-20-43(36)44)41-19-11-16-38(34-41)45-24-13-25-49-48-22-8-10-27-52(48)56-53(45)49/h2-35H,1H3/i28D,29D,30D,31D. The molecule has 10 aromatic rings. The Kier molecular flexibility index (Phi) is 6.63. The van der Waals surface area contributed by atoms with Gasteiger partial charge >= 0.3 is 0 Å². The molecule has 264 valence electrons. The van der Waals surface area contributed by atoms with Crippen LogP contribution in [0.4, 0.5) is 17.1 Å². The molecule has 0 radical (unpaired) electrons. The van der Waals surface area contributed by atoms with Gasteiger partial charge in [-0.1, -0.05) is 164 Å². The lowest BCUT2D eigenvalue weighted by molar-refractivity contribution is 0.714. The minimum Gasteiger partial charge on any atom is -0.310 e. The first-order valence-electron chi connectivity index (χ1n) is 21.0. The van der Waals surface area contributed by atoms with E-state index in [4.69, 9.17) is 0 Å². The largest absolute Gasteiger partial charge is 0.310 e. The maximum atomic E-state index is 9.79. The minimum atomic E-state index is -0.486. The molecule has 0 saturated carbocycles. The summed E-state index contributed by atoms with van der Waals surface area (Å²) in [4.78, 5) is 1.94. The minimum absolute atomic E-state index is 0.0822. The summed E-state index contributed by atoms with van der Waals surface area (Å²) in [7, 11) is 0. The highest BCUT2D eigenvalue weighted by Gasteiger charge is 2.41. The van der Waals surface area contributed by atoms with Crippen LogP contribution in [0.15, 0.2) is 206 Å². The molecule has 1 aromatic heterocycles. The SMILES string of the molecule is [2H]c1c([2H])c(N(c2cccc(-c3cccc4c3sc3ccccc34)c2)c2ccc3c(c2)C(C)(c2ccccc2)c2ccccc2-3)c([2H])c([2H])c1-c1cccc2ccccc12. The van der Waals surface area contributed by atoms with Crippen molar-refractivity contribution in [3.63, 3.8) is 0 Å². The molecule has 0 amide bonds. The van der Waals surface area contributed by atoms with Crippen molar-refractivity contribution in [3.8, 4) is 33.4 Å². The van der Waals surface area contributed by atoms with Crippen LogP contribution in [-0.4, -0.2) is 0 Å². The van der Waals surface area contributed by atoms with Crippen LogP contribution in [0.3, 0.4) is 0 Å². The lowest BCUT2D eigenvalue weighted by Crippen LogP contribution is -2.22. The van der Waals surface area contributed by atoms with Crippen LogP contribution >= 0.6 is 11.3 Å². The molecule has 1 nitrogen and oxygen atoms in total. The third-order valence-electron chi connectivity index (χ3n) is 11.6. The van der Waals surface area contributed by atoms with Crippen LogP contribution in [0.25, 0.3) is 64.3 Å². The summed E-state index contributed by atoms with van der Waals surface area (Å²) in [6.07, 6.45) is 0. The summed E-state index contributed by atoms with van der Waals surface area (Å²) >= 11 is 1.78. The zero-order chi connectivity index (χ0) is 40.7. The maximum absolute atomic E-state index is 9.79. The predicted octanol–water partition coefficient (Wildman–Crippen LogP) is 15.3. The fraction of sp³-hybridized carbons (Fsp3) is 0.0370. The summed E-state index contributed by atoms with van der Waals surface area (Å²) < 4.78 is 41.2. The highest BCUT2D eigenvalue weighted by atomic mass is 32.1. The third kappa shape index (κ3) is 5.07. The summed E-state index contributed by atoms with van der Waals surface area (Å²) in [6.45, 7) is 2.28. The molecule has 0 fully saturated rings. The van der Waals surface area contributed by atoms with Gasteiger partial charge in [0, 0.05) is 42.6 Å². The van der Waals surface area contributed by atoms with Crippen molar-refractivity contribution in [1.82, 2.24) is 0 Å². The monoisotopic (exact) mass is 735 g/mol. The van der Waals surface area contributed by atoms with Gasteiger partial charge in [-0.15, -0.1) is 11.3 Å². The van der Waals surface area contributed by atoms with Crippen molar-refractivity contribution < 1.29 is 5.48 Å². The summed E-state index contributed by atoms with van der Waals surface area (Å²) in [5.74, 6) is 0. The van der Waals surface area contributed by atoms with E-state index < -0.39 is 5.41 Å². The van der Waals surface area contributed by atoms with Gasteiger partial charge in [0.1, 0.15) is 0 Å². The third-order valence-corrected chi connectivity index (χ3v) is 12.8. The van der Waals surface area contributed by atoms with Gasteiger partial charge in [0.2, 0.25) is 0 Å². The Bertz CT molecular complexity index is 3320. The Hall–Kier alpha value is -6.74. The van der Waals surface area contributed by atoms with Crippen molar-refractivity contribution in [2.45, 2.75) is 12.3 Å². The lowest BCUT2D eigenvalue weighted by Gasteiger charge is -2.31. The number of benzene rings is 9. The summed E-state index contributed by atoms with van der Waals surface area (Å²) in [5.41, 5.74) is 10.1. The van der Waals surface area contributed by atoms with Gasteiger partial charge in [0.25, 0.3) is 0 Å². The molecule has 0 N–H and O–H groups in total. The molecule has 1 aliphatic rings. The molecule has 1 unspecified atom stereocenters. The Labute approximate surface area is 337 Å². The van der Waals surface area contributed by atoms with Crippen molar-refractivity contribution >= 4 is 59.3 Å². The van der Waals surface area contributed by atoms with Gasteiger partial charge in [-0.3, -0.25) is 0 Å². The first kappa shape index (κ1) is 28.7. The van der Waals surface area contributed by atoms with E-state index in [0.29, 0.717) is 5.56 Å². The van der Waals surface area contributed by atoms with Crippen LogP contribution in [-0.2, 0) is 5.41 Å². The van der Waals surface area contributed by atoms with Crippen molar-refractivity contribution in [2.24, 2.45) is 0 Å². The summed E-state index contributed by atoms with van der Waals surface area (Å²) in [6, 6.07) is 62.2. The average molecular weight is 736 g/mol. The first-order chi connectivity index (χ1) is 29.3. The van der Waals surface area contributed by atoms with E-state index in [1.807, 2.05) is 65.6 Å². The summed E-state index contributed by atoms with van der Waals surface area (Å²) in [5, 5.41) is 4.29. The topological polar surface area (TPSA) is 3.24 Å². The molecule has 0 aliphatic heterocycles. The molecule has 0 spiro atoms. The van der Waals surface area contributed by atoms with E-state index in [-0.39, 0.29) is 35.4 Å². The number of thiophene rings is 1. The Morgan fingerprint density at radius 2 is 1.09 bits per heavy atom. The first-order valence-corrected chi connectivity index (χ1v) is 19.8. The highest BCUT2D eigenvalue weighted by molar-refractivity contribution is 7.26. The maximum Gasteiger partial charge on any atom is 0.0645 e. The number of hydrogen-bond donors (Lipinski definition) is 0. The molecule has 1 heterocycles. The molecule has 11 rings (SSSR count). The van der Waals surface area contributed by atoms with Crippen LogP contribution in [0.1, 0.15) is 29.1 Å². The van der Waals surface area contributed by atoms with Gasteiger partial charge in [-0.25, -0.2) is 0 Å². The van der Waals surface area contributed by atoms with E-state index in [1.54, 1.807) is 11.3 Å². The normalized spacial score (nSPS) is 15.6. The zero-order valence-electron chi connectivity index (χ0n) is 34.7. The highest BCUT2D eigenvalue weighted by Crippen LogP contribution is 2.54. The fourth-order valence-corrected chi connectivity index (χ4v) is 10.1. The predicted molar refractivity (Wildman–Crippen MR) is 240 cm³/mol. The Balaban J connectivity index is 1.17. The van der Waals surface area contributed by atoms with Gasteiger partial charge in [0.15, 0.2) is 0 Å². The van der Waals surface area contributed by atoms with Gasteiger partial charge in [-0.2, -0.15) is 0 Å². The van der Waals surface area contributed by atoms with Crippen molar-refractivity contribution in [2.75, 3.05) is 4.90 Å². The Morgan fingerprint density at radius 1 is 0.446 bits per heavy atom. The molecule has 9 aromatic carbocycles.